The molecular formula is C17H14N4O4. The molecule has 1 amide bonds. The number of aromatic amines is 1. The van der Waals surface area contributed by atoms with Gasteiger partial charge in [0.25, 0.3) is 5.69 Å². The van der Waals surface area contributed by atoms with Crippen molar-refractivity contribution in [3.63, 3.8) is 0 Å². The van der Waals surface area contributed by atoms with Crippen LogP contribution in [0.2, 0.25) is 0 Å². The lowest BCUT2D eigenvalue weighted by atomic mass is 10.2. The fraction of sp³-hybridized carbons (Fsp3) is 0.118. The number of fused-ring (bicyclic) bond motifs is 1. The van der Waals surface area contributed by atoms with E-state index in [1.807, 2.05) is 18.2 Å². The standard InChI is InChI=1S/C17H14N4O4/c22-15(17-19-13-3-1-2-4-14(13)20-17)9-10-16(23)18-11-5-7-12(8-6-11)21(24)25/h1-8H,9-10H2,(H,18,23)(H,19,20). The molecule has 0 aliphatic rings. The molecule has 2 aromatic carbocycles. The van der Waals surface area contributed by atoms with E-state index in [4.69, 9.17) is 0 Å². The number of imidazole rings is 1. The molecule has 8 heteroatoms. The molecule has 0 radical (unpaired) electrons. The first-order valence-corrected chi connectivity index (χ1v) is 7.55. The van der Waals surface area contributed by atoms with Gasteiger partial charge in [-0.3, -0.25) is 19.7 Å². The molecule has 0 unspecified atom stereocenters. The van der Waals surface area contributed by atoms with Gasteiger partial charge < -0.3 is 10.3 Å². The second-order valence-corrected chi connectivity index (χ2v) is 5.38. The highest BCUT2D eigenvalue weighted by molar-refractivity contribution is 5.99. The van der Waals surface area contributed by atoms with E-state index in [1.165, 1.54) is 24.3 Å². The average molecular weight is 338 g/mol. The molecule has 2 N–H and O–H groups in total. The maximum atomic E-state index is 12.1. The topological polar surface area (TPSA) is 118 Å². The molecule has 0 spiro atoms. The number of amides is 1. The Bertz CT molecular complexity index is 914. The minimum Gasteiger partial charge on any atom is -0.335 e. The van der Waals surface area contributed by atoms with Gasteiger partial charge >= 0.3 is 0 Å². The molecular weight excluding hydrogens is 324 g/mol. The van der Waals surface area contributed by atoms with Gasteiger partial charge in [-0.15, -0.1) is 0 Å². The van der Waals surface area contributed by atoms with E-state index in [-0.39, 0.29) is 36.0 Å². The molecule has 0 saturated carbocycles. The minimum atomic E-state index is -0.516. The van der Waals surface area contributed by atoms with Crippen molar-refractivity contribution in [2.45, 2.75) is 12.8 Å². The highest BCUT2D eigenvalue weighted by Crippen LogP contribution is 2.16. The van der Waals surface area contributed by atoms with Crippen LogP contribution in [0.3, 0.4) is 0 Å². The third kappa shape index (κ3) is 3.86. The van der Waals surface area contributed by atoms with Crippen LogP contribution in [0.4, 0.5) is 11.4 Å². The van der Waals surface area contributed by atoms with Crippen LogP contribution >= 0.6 is 0 Å². The molecule has 0 atom stereocenters. The van der Waals surface area contributed by atoms with E-state index in [1.54, 1.807) is 6.07 Å². The largest absolute Gasteiger partial charge is 0.335 e. The Hall–Kier alpha value is -3.55. The maximum absolute atomic E-state index is 12.1. The van der Waals surface area contributed by atoms with E-state index in [9.17, 15) is 19.7 Å². The van der Waals surface area contributed by atoms with Crippen molar-refractivity contribution >= 4 is 34.1 Å². The Labute approximate surface area is 142 Å². The zero-order valence-electron chi connectivity index (χ0n) is 13.1. The number of aromatic nitrogens is 2. The number of nitro benzene ring substituents is 1. The first-order valence-electron chi connectivity index (χ1n) is 7.55. The third-order valence-electron chi connectivity index (χ3n) is 3.59. The number of carbonyl (C=O) groups is 2. The summed E-state index contributed by atoms with van der Waals surface area (Å²) in [7, 11) is 0. The van der Waals surface area contributed by atoms with Crippen molar-refractivity contribution in [3.05, 3.63) is 64.5 Å². The lowest BCUT2D eigenvalue weighted by Gasteiger charge is -2.04. The number of nitrogens with zero attached hydrogens (tertiary/aromatic N) is 2. The summed E-state index contributed by atoms with van der Waals surface area (Å²) in [5.41, 5.74) is 1.84. The van der Waals surface area contributed by atoms with Crippen LogP contribution in [0.5, 0.6) is 0 Å². The smallest absolute Gasteiger partial charge is 0.269 e. The second-order valence-electron chi connectivity index (χ2n) is 5.38. The van der Waals surface area contributed by atoms with Crippen LogP contribution in [0, 0.1) is 10.1 Å². The summed E-state index contributed by atoms with van der Waals surface area (Å²) in [5, 5.41) is 13.2. The number of hydrogen-bond donors (Lipinski definition) is 2. The molecule has 1 aromatic heterocycles. The molecule has 25 heavy (non-hydrogen) atoms. The van der Waals surface area contributed by atoms with Gasteiger partial charge in [0.05, 0.1) is 16.0 Å². The van der Waals surface area contributed by atoms with E-state index in [2.05, 4.69) is 15.3 Å². The highest BCUT2D eigenvalue weighted by atomic mass is 16.6. The number of para-hydroxylation sites is 2. The van der Waals surface area contributed by atoms with Crippen LogP contribution in [0.25, 0.3) is 11.0 Å². The van der Waals surface area contributed by atoms with Crippen LogP contribution in [-0.4, -0.2) is 26.6 Å². The van der Waals surface area contributed by atoms with Crippen molar-refractivity contribution in [1.82, 2.24) is 9.97 Å². The molecule has 3 aromatic rings. The number of hydrogen-bond acceptors (Lipinski definition) is 5. The second kappa shape index (κ2) is 6.91. The Morgan fingerprint density at radius 3 is 2.48 bits per heavy atom. The monoisotopic (exact) mass is 338 g/mol. The summed E-state index contributed by atoms with van der Waals surface area (Å²) >= 11 is 0. The lowest BCUT2D eigenvalue weighted by Crippen LogP contribution is -2.14. The van der Waals surface area contributed by atoms with Crippen molar-refractivity contribution in [1.29, 1.82) is 0 Å². The van der Waals surface area contributed by atoms with Crippen LogP contribution in [0.1, 0.15) is 23.5 Å². The maximum Gasteiger partial charge on any atom is 0.269 e. The molecule has 8 nitrogen and oxygen atoms in total. The number of anilines is 1. The molecule has 0 saturated heterocycles. The Morgan fingerprint density at radius 1 is 1.08 bits per heavy atom. The van der Waals surface area contributed by atoms with Crippen molar-refractivity contribution in [2.75, 3.05) is 5.32 Å². The molecule has 1 heterocycles. The first-order chi connectivity index (χ1) is 12.0. The quantitative estimate of drug-likeness (QED) is 0.407. The van der Waals surface area contributed by atoms with Crippen LogP contribution < -0.4 is 5.32 Å². The average Bonchev–Trinajstić information content (AvgIpc) is 3.04. The van der Waals surface area contributed by atoms with Crippen LogP contribution in [0.15, 0.2) is 48.5 Å². The number of Topliss-reactive ketones (excluding diaryl/α,β-unsaturated/α-hetero) is 1. The SMILES string of the molecule is O=C(CCC(=O)c1nc2ccccc2[nH]1)Nc1ccc([N+](=O)[O-])cc1. The molecule has 3 rings (SSSR count). The fourth-order valence-electron chi connectivity index (χ4n) is 2.32. The molecule has 0 aliphatic heterocycles. The van der Waals surface area contributed by atoms with Gasteiger partial charge in [-0.1, -0.05) is 12.1 Å². The number of nitrogens with one attached hydrogen (secondary N) is 2. The van der Waals surface area contributed by atoms with Crippen LogP contribution in [-0.2, 0) is 4.79 Å². The molecule has 126 valence electrons. The zero-order valence-corrected chi connectivity index (χ0v) is 13.1. The fourth-order valence-corrected chi connectivity index (χ4v) is 2.32. The number of rotatable bonds is 6. The van der Waals surface area contributed by atoms with Gasteiger partial charge in [-0.05, 0) is 24.3 Å². The minimum absolute atomic E-state index is 0.00708. The lowest BCUT2D eigenvalue weighted by molar-refractivity contribution is -0.384. The normalized spacial score (nSPS) is 10.6. The number of carbonyl (C=O) groups excluding carboxylic acids is 2. The predicted octanol–water partition coefficient (Wildman–Crippen LogP) is 3.07. The van der Waals surface area contributed by atoms with Gasteiger partial charge in [0.1, 0.15) is 0 Å². The summed E-state index contributed by atoms with van der Waals surface area (Å²) in [6.07, 6.45) is 0.00546. The number of benzene rings is 2. The van der Waals surface area contributed by atoms with E-state index in [0.29, 0.717) is 11.2 Å². The van der Waals surface area contributed by atoms with E-state index < -0.39 is 4.92 Å². The number of non-ortho nitro benzene ring substituents is 1. The predicted molar refractivity (Wildman–Crippen MR) is 91.4 cm³/mol. The molecule has 0 aliphatic carbocycles. The van der Waals surface area contributed by atoms with Gasteiger partial charge in [0, 0.05) is 30.7 Å². The summed E-state index contributed by atoms with van der Waals surface area (Å²) in [6, 6.07) is 12.8. The summed E-state index contributed by atoms with van der Waals surface area (Å²) in [4.78, 5) is 41.2. The number of H-pyrrole nitrogens is 1. The number of ketones is 1. The van der Waals surface area contributed by atoms with Gasteiger partial charge in [-0.2, -0.15) is 0 Å². The van der Waals surface area contributed by atoms with E-state index >= 15 is 0 Å². The Kier molecular flexibility index (Phi) is 4.51. The highest BCUT2D eigenvalue weighted by Gasteiger charge is 2.14. The molecule has 0 fully saturated rings. The Balaban J connectivity index is 1.56. The van der Waals surface area contributed by atoms with Crippen molar-refractivity contribution < 1.29 is 14.5 Å². The van der Waals surface area contributed by atoms with Crippen molar-refractivity contribution in [3.8, 4) is 0 Å². The summed E-state index contributed by atoms with van der Waals surface area (Å²) in [6.45, 7) is 0. The third-order valence-corrected chi connectivity index (χ3v) is 3.59. The molecule has 0 bridgehead atoms. The zero-order chi connectivity index (χ0) is 17.8. The van der Waals surface area contributed by atoms with E-state index in [0.717, 1.165) is 5.52 Å². The Morgan fingerprint density at radius 2 is 1.80 bits per heavy atom. The summed E-state index contributed by atoms with van der Waals surface area (Å²) in [5.74, 6) is -0.377. The number of nitro groups is 1. The van der Waals surface area contributed by atoms with Gasteiger partial charge in [0.2, 0.25) is 5.91 Å². The van der Waals surface area contributed by atoms with Gasteiger partial charge in [0.15, 0.2) is 11.6 Å². The first kappa shape index (κ1) is 16.3. The summed E-state index contributed by atoms with van der Waals surface area (Å²) < 4.78 is 0. The van der Waals surface area contributed by atoms with Gasteiger partial charge in [-0.25, -0.2) is 4.98 Å². The van der Waals surface area contributed by atoms with Crippen molar-refractivity contribution in [2.24, 2.45) is 0 Å².